The Bertz CT molecular complexity index is 1110. The molecule has 3 aromatic carbocycles. The summed E-state index contributed by atoms with van der Waals surface area (Å²) < 4.78 is 5.34. The number of amides is 1. The number of ether oxygens (including phenoxy) is 1. The molecule has 5 heteroatoms. The number of carbonyl (C=O) groups is 1. The van der Waals surface area contributed by atoms with E-state index in [2.05, 4.69) is 10.3 Å². The maximum atomic E-state index is 13.1. The van der Waals surface area contributed by atoms with E-state index in [1.807, 2.05) is 85.1 Å². The van der Waals surface area contributed by atoms with E-state index in [0.29, 0.717) is 6.54 Å². The molecule has 152 valence electrons. The lowest BCUT2D eigenvalue weighted by molar-refractivity contribution is -0.120. The van der Waals surface area contributed by atoms with E-state index in [9.17, 15) is 4.79 Å². The van der Waals surface area contributed by atoms with E-state index in [4.69, 9.17) is 4.74 Å². The van der Waals surface area contributed by atoms with Crippen molar-refractivity contribution >= 4 is 28.6 Å². The maximum absolute atomic E-state index is 13.1. The molecule has 0 radical (unpaired) electrons. The van der Waals surface area contributed by atoms with Gasteiger partial charge in [0.25, 0.3) is 0 Å². The molecule has 1 heterocycles. The molecule has 0 aliphatic carbocycles. The fourth-order valence-corrected chi connectivity index (χ4v) is 4.51. The number of aromatic nitrogens is 1. The first-order valence-corrected chi connectivity index (χ1v) is 10.8. The van der Waals surface area contributed by atoms with Crippen LogP contribution in [0.3, 0.4) is 0 Å². The summed E-state index contributed by atoms with van der Waals surface area (Å²) in [6, 6.07) is 25.9. The first-order valence-electron chi connectivity index (χ1n) is 9.93. The maximum Gasteiger partial charge on any atom is 0.238 e. The molecular formula is C25H24N2O2S. The monoisotopic (exact) mass is 416 g/mol. The van der Waals surface area contributed by atoms with Crippen LogP contribution in [-0.2, 0) is 11.2 Å². The Hall–Kier alpha value is -3.18. The van der Waals surface area contributed by atoms with Crippen LogP contribution in [0, 0.1) is 0 Å². The summed E-state index contributed by atoms with van der Waals surface area (Å²) in [5.41, 5.74) is 3.23. The fraction of sp³-hybridized carbons (Fsp3) is 0.160. The lowest BCUT2D eigenvalue weighted by Crippen LogP contribution is -2.29. The second kappa shape index (κ2) is 9.55. The average Bonchev–Trinajstić information content (AvgIpc) is 3.20. The lowest BCUT2D eigenvalue weighted by Gasteiger charge is -2.17. The minimum Gasteiger partial charge on any atom is -0.497 e. The quantitative estimate of drug-likeness (QED) is 0.380. The summed E-state index contributed by atoms with van der Waals surface area (Å²) in [7, 11) is 1.67. The van der Waals surface area contributed by atoms with Crippen molar-refractivity contribution in [3.63, 3.8) is 0 Å². The van der Waals surface area contributed by atoms with Gasteiger partial charge in [0.2, 0.25) is 5.91 Å². The molecule has 2 N–H and O–H groups in total. The molecule has 0 saturated heterocycles. The predicted molar refractivity (Wildman–Crippen MR) is 123 cm³/mol. The molecule has 30 heavy (non-hydrogen) atoms. The molecule has 0 aliphatic rings. The van der Waals surface area contributed by atoms with E-state index in [1.165, 1.54) is 0 Å². The van der Waals surface area contributed by atoms with E-state index < -0.39 is 0 Å². The van der Waals surface area contributed by atoms with Crippen molar-refractivity contribution in [2.75, 3.05) is 13.7 Å². The van der Waals surface area contributed by atoms with Crippen LogP contribution in [-0.4, -0.2) is 24.5 Å². The topological polar surface area (TPSA) is 54.1 Å². The number of H-pyrrole nitrogens is 1. The Kier molecular flexibility index (Phi) is 6.40. The van der Waals surface area contributed by atoms with Crippen molar-refractivity contribution in [3.8, 4) is 5.75 Å². The van der Waals surface area contributed by atoms with E-state index in [1.54, 1.807) is 18.9 Å². The van der Waals surface area contributed by atoms with Crippen molar-refractivity contribution < 1.29 is 9.53 Å². The summed E-state index contributed by atoms with van der Waals surface area (Å²) in [5.74, 6) is 0.850. The largest absolute Gasteiger partial charge is 0.497 e. The van der Waals surface area contributed by atoms with Crippen LogP contribution in [0.4, 0.5) is 0 Å². The number of aromatic amines is 1. The summed E-state index contributed by atoms with van der Waals surface area (Å²) in [5, 5.41) is 3.96. The number of carbonyl (C=O) groups excluding carboxylic acids is 1. The highest BCUT2D eigenvalue weighted by atomic mass is 32.2. The van der Waals surface area contributed by atoms with Gasteiger partial charge in [-0.2, -0.15) is 0 Å². The molecule has 1 atom stereocenters. The molecule has 1 unspecified atom stereocenters. The number of nitrogens with one attached hydrogen (secondary N) is 2. The van der Waals surface area contributed by atoms with Gasteiger partial charge in [0.05, 0.1) is 7.11 Å². The molecular weight excluding hydrogens is 392 g/mol. The highest BCUT2D eigenvalue weighted by Crippen LogP contribution is 2.35. The van der Waals surface area contributed by atoms with Gasteiger partial charge in [0.15, 0.2) is 0 Å². The number of methoxy groups -OCH3 is 1. The predicted octanol–water partition coefficient (Wildman–Crippen LogP) is 5.37. The van der Waals surface area contributed by atoms with Gasteiger partial charge in [-0.3, -0.25) is 4.79 Å². The summed E-state index contributed by atoms with van der Waals surface area (Å²) in [6.07, 6.45) is 2.75. The van der Waals surface area contributed by atoms with Gasteiger partial charge >= 0.3 is 0 Å². The Morgan fingerprint density at radius 2 is 1.77 bits per heavy atom. The van der Waals surface area contributed by atoms with Crippen LogP contribution in [0.5, 0.6) is 5.75 Å². The second-order valence-corrected chi connectivity index (χ2v) is 8.17. The van der Waals surface area contributed by atoms with Gasteiger partial charge in [-0.1, -0.05) is 48.5 Å². The first kappa shape index (κ1) is 20.1. The van der Waals surface area contributed by atoms with Crippen LogP contribution in [0.15, 0.2) is 90.0 Å². The standard InChI is InChI=1S/C25H24N2O2S/c1-29-20-12-13-23-22(16-20)19(17-27-23)14-15-26-25(28)24(18-8-4-2-5-9-18)30-21-10-6-3-7-11-21/h2-13,16-17,24,27H,14-15H2,1H3,(H,26,28). The second-order valence-electron chi connectivity index (χ2n) is 6.99. The number of fused-ring (bicyclic) bond motifs is 1. The Morgan fingerprint density at radius 3 is 2.50 bits per heavy atom. The molecule has 4 nitrogen and oxygen atoms in total. The van der Waals surface area contributed by atoms with Crippen LogP contribution >= 0.6 is 11.8 Å². The third-order valence-corrected chi connectivity index (χ3v) is 6.27. The van der Waals surface area contributed by atoms with E-state index >= 15 is 0 Å². The van der Waals surface area contributed by atoms with E-state index in [0.717, 1.165) is 39.1 Å². The van der Waals surface area contributed by atoms with Crippen molar-refractivity contribution in [3.05, 3.63) is 96.2 Å². The van der Waals surface area contributed by atoms with Crippen LogP contribution in [0.2, 0.25) is 0 Å². The molecule has 1 aromatic heterocycles. The molecule has 4 rings (SSSR count). The van der Waals surface area contributed by atoms with Gasteiger partial charge in [-0.05, 0) is 47.9 Å². The Balaban J connectivity index is 1.45. The van der Waals surface area contributed by atoms with Crippen molar-refractivity contribution in [2.24, 2.45) is 0 Å². The zero-order chi connectivity index (χ0) is 20.8. The van der Waals surface area contributed by atoms with Gasteiger partial charge in [-0.15, -0.1) is 11.8 Å². The van der Waals surface area contributed by atoms with Gasteiger partial charge in [-0.25, -0.2) is 0 Å². The average molecular weight is 417 g/mol. The third-order valence-electron chi connectivity index (χ3n) is 5.01. The summed E-state index contributed by atoms with van der Waals surface area (Å²) in [6.45, 7) is 0.571. The molecule has 4 aromatic rings. The zero-order valence-electron chi connectivity index (χ0n) is 16.8. The molecule has 0 aliphatic heterocycles. The molecule has 0 saturated carbocycles. The highest BCUT2D eigenvalue weighted by Gasteiger charge is 2.21. The SMILES string of the molecule is COc1ccc2[nH]cc(CCNC(=O)C(Sc3ccccc3)c3ccccc3)c2c1. The van der Waals surface area contributed by atoms with Crippen molar-refractivity contribution in [1.29, 1.82) is 0 Å². The first-order chi connectivity index (χ1) is 14.7. The molecule has 0 fully saturated rings. The van der Waals surface area contributed by atoms with Gasteiger partial charge in [0.1, 0.15) is 11.0 Å². The third kappa shape index (κ3) is 4.69. The minimum atomic E-state index is -0.295. The Morgan fingerprint density at radius 1 is 1.03 bits per heavy atom. The van der Waals surface area contributed by atoms with E-state index in [-0.39, 0.29) is 11.2 Å². The van der Waals surface area contributed by atoms with Crippen LogP contribution in [0.25, 0.3) is 10.9 Å². The van der Waals surface area contributed by atoms with Crippen molar-refractivity contribution in [1.82, 2.24) is 10.3 Å². The number of rotatable bonds is 8. The molecule has 1 amide bonds. The zero-order valence-corrected chi connectivity index (χ0v) is 17.6. The molecule has 0 bridgehead atoms. The minimum absolute atomic E-state index is 0.0208. The highest BCUT2D eigenvalue weighted by molar-refractivity contribution is 8.00. The fourth-order valence-electron chi connectivity index (χ4n) is 3.44. The lowest BCUT2D eigenvalue weighted by atomic mass is 10.1. The van der Waals surface area contributed by atoms with Crippen LogP contribution < -0.4 is 10.1 Å². The number of hydrogen-bond donors (Lipinski definition) is 2. The smallest absolute Gasteiger partial charge is 0.238 e. The Labute approximate surface area is 180 Å². The molecule has 0 spiro atoms. The van der Waals surface area contributed by atoms with Crippen LogP contribution in [0.1, 0.15) is 16.4 Å². The number of thioether (sulfide) groups is 1. The van der Waals surface area contributed by atoms with Gasteiger partial charge in [0, 0.05) is 28.5 Å². The number of benzene rings is 3. The van der Waals surface area contributed by atoms with Gasteiger partial charge < -0.3 is 15.0 Å². The summed E-state index contributed by atoms with van der Waals surface area (Å²) >= 11 is 1.57. The number of hydrogen-bond acceptors (Lipinski definition) is 3. The normalized spacial score (nSPS) is 11.9. The summed E-state index contributed by atoms with van der Waals surface area (Å²) in [4.78, 5) is 17.4. The van der Waals surface area contributed by atoms with Crippen molar-refractivity contribution in [2.45, 2.75) is 16.6 Å².